The van der Waals surface area contributed by atoms with Gasteiger partial charge < -0.3 is 4.90 Å². The molecular weight excluding hydrogens is 258 g/mol. The normalized spacial score (nSPS) is 16.3. The Balaban J connectivity index is 0.000000774. The smallest absolute Gasteiger partial charge is 0.234 e. The highest BCUT2D eigenvalue weighted by molar-refractivity contribution is 6.04. The van der Waals surface area contributed by atoms with Crippen molar-refractivity contribution < 1.29 is 4.79 Å². The third kappa shape index (κ3) is 2.58. The number of likely N-dealkylation sites (N-methyl/N-ethyl adjacent to an activating group) is 1. The summed E-state index contributed by atoms with van der Waals surface area (Å²) < 4.78 is 0. The largest absolute Gasteiger partial charge is 0.312 e. The summed E-state index contributed by atoms with van der Waals surface area (Å²) in [5, 5.41) is 0. The van der Waals surface area contributed by atoms with Gasteiger partial charge in [-0.25, -0.2) is 0 Å². The zero-order chi connectivity index (χ0) is 15.4. The number of amides is 1. The molecule has 21 heavy (non-hydrogen) atoms. The summed E-state index contributed by atoms with van der Waals surface area (Å²) in [4.78, 5) is 14.5. The van der Waals surface area contributed by atoms with Gasteiger partial charge in [-0.2, -0.15) is 0 Å². The molecule has 1 aliphatic heterocycles. The summed E-state index contributed by atoms with van der Waals surface area (Å²) in [6, 6.07) is 16.4. The fourth-order valence-corrected chi connectivity index (χ4v) is 2.87. The van der Waals surface area contributed by atoms with E-state index in [1.807, 2.05) is 62.9 Å². The lowest BCUT2D eigenvalue weighted by atomic mass is 9.92. The molecule has 0 saturated carbocycles. The van der Waals surface area contributed by atoms with Crippen LogP contribution in [0, 0.1) is 0 Å². The first-order valence-electron chi connectivity index (χ1n) is 7.73. The maximum Gasteiger partial charge on any atom is 0.234 e. The summed E-state index contributed by atoms with van der Waals surface area (Å²) in [6.07, 6.45) is 0. The molecule has 1 heterocycles. The monoisotopic (exact) mass is 281 g/mol. The minimum atomic E-state index is -0.0939. The van der Waals surface area contributed by atoms with Gasteiger partial charge in [-0.05, 0) is 31.0 Å². The number of hydrogen-bond acceptors (Lipinski definition) is 1. The molecule has 0 aliphatic carbocycles. The summed E-state index contributed by atoms with van der Waals surface area (Å²) in [5.74, 6) is 0.0865. The molecule has 0 aromatic heterocycles. The predicted molar refractivity (Wildman–Crippen MR) is 89.7 cm³/mol. The summed E-state index contributed by atoms with van der Waals surface area (Å²) >= 11 is 0. The van der Waals surface area contributed by atoms with Crippen molar-refractivity contribution in [2.24, 2.45) is 0 Å². The number of carbonyl (C=O) groups is 1. The lowest BCUT2D eigenvalue weighted by molar-refractivity contribution is -0.119. The lowest BCUT2D eigenvalue weighted by Crippen LogP contribution is -2.33. The Kier molecular flexibility index (Phi) is 4.79. The van der Waals surface area contributed by atoms with E-state index < -0.39 is 0 Å². The van der Waals surface area contributed by atoms with Crippen LogP contribution in [0.1, 0.15) is 39.2 Å². The molecule has 2 heteroatoms. The predicted octanol–water partition coefficient (Wildman–Crippen LogP) is 4.85. The van der Waals surface area contributed by atoms with Crippen molar-refractivity contribution >= 4 is 11.6 Å². The van der Waals surface area contributed by atoms with Crippen LogP contribution in [0.2, 0.25) is 0 Å². The van der Waals surface area contributed by atoms with Crippen LogP contribution in [-0.2, 0) is 4.79 Å². The summed E-state index contributed by atoms with van der Waals surface area (Å²) in [5.41, 5.74) is 4.47. The molecule has 3 rings (SSSR count). The number of nitrogens with zero attached hydrogens (tertiary/aromatic N) is 1. The topological polar surface area (TPSA) is 20.3 Å². The zero-order valence-corrected chi connectivity index (χ0v) is 13.3. The Labute approximate surface area is 127 Å². The second-order valence-electron chi connectivity index (χ2n) is 4.91. The molecule has 2 nitrogen and oxygen atoms in total. The van der Waals surface area contributed by atoms with Gasteiger partial charge in [0.25, 0.3) is 0 Å². The van der Waals surface area contributed by atoms with Gasteiger partial charge in [0.05, 0.1) is 11.6 Å². The molecule has 0 radical (unpaired) electrons. The molecule has 110 valence electrons. The highest BCUT2D eigenvalue weighted by atomic mass is 16.2. The van der Waals surface area contributed by atoms with Gasteiger partial charge in [0.15, 0.2) is 0 Å². The first-order chi connectivity index (χ1) is 10.2. The molecule has 2 aromatic carbocycles. The maximum absolute atomic E-state index is 12.6. The van der Waals surface area contributed by atoms with Crippen LogP contribution in [0.4, 0.5) is 5.69 Å². The van der Waals surface area contributed by atoms with Crippen LogP contribution in [-0.4, -0.2) is 12.5 Å². The highest BCUT2D eigenvalue weighted by Crippen LogP contribution is 2.40. The van der Waals surface area contributed by atoms with Gasteiger partial charge in [-0.15, -0.1) is 0 Å². The van der Waals surface area contributed by atoms with Gasteiger partial charge in [0, 0.05) is 12.1 Å². The molecule has 0 saturated heterocycles. The van der Waals surface area contributed by atoms with E-state index in [1.54, 1.807) is 0 Å². The minimum absolute atomic E-state index is 0.0939. The van der Waals surface area contributed by atoms with Crippen molar-refractivity contribution in [2.45, 2.75) is 33.6 Å². The first kappa shape index (κ1) is 15.3. The van der Waals surface area contributed by atoms with Crippen LogP contribution in [0.15, 0.2) is 48.5 Å². The van der Waals surface area contributed by atoms with Gasteiger partial charge in [0.1, 0.15) is 0 Å². The number of carbonyl (C=O) groups excluding carboxylic acids is 1. The Morgan fingerprint density at radius 1 is 0.952 bits per heavy atom. The molecule has 1 unspecified atom stereocenters. The van der Waals surface area contributed by atoms with Gasteiger partial charge in [0.2, 0.25) is 5.91 Å². The summed E-state index contributed by atoms with van der Waals surface area (Å²) in [7, 11) is 0. The van der Waals surface area contributed by atoms with E-state index in [0.29, 0.717) is 6.54 Å². The van der Waals surface area contributed by atoms with Gasteiger partial charge >= 0.3 is 0 Å². The van der Waals surface area contributed by atoms with E-state index >= 15 is 0 Å². The standard InChI is InChI=1S/C17H17NO.C2H6/c1-3-18-16-11-7-6-10-15(16)14-9-5-4-8-13(14)12(2)17(18)19;1-2/h4-12H,3H2,1-2H3;1-2H3. The minimum Gasteiger partial charge on any atom is -0.312 e. The Bertz CT molecular complexity index is 633. The fraction of sp³-hybridized carbons (Fsp3) is 0.316. The molecule has 1 aliphatic rings. The quantitative estimate of drug-likeness (QED) is 0.731. The Morgan fingerprint density at radius 2 is 1.52 bits per heavy atom. The second kappa shape index (κ2) is 6.57. The van der Waals surface area contributed by atoms with Crippen LogP contribution in [0.3, 0.4) is 0 Å². The third-order valence-corrected chi connectivity index (χ3v) is 3.86. The molecule has 0 fully saturated rings. The van der Waals surface area contributed by atoms with E-state index in [0.717, 1.165) is 16.8 Å². The van der Waals surface area contributed by atoms with Crippen LogP contribution in [0.5, 0.6) is 0 Å². The Hall–Kier alpha value is -2.09. The molecule has 2 aromatic rings. The van der Waals surface area contributed by atoms with Crippen molar-refractivity contribution in [2.75, 3.05) is 11.4 Å². The average Bonchev–Trinajstić information content (AvgIpc) is 2.65. The number of fused-ring (bicyclic) bond motifs is 3. The van der Waals surface area contributed by atoms with Crippen LogP contribution in [0.25, 0.3) is 11.1 Å². The average molecular weight is 281 g/mol. The van der Waals surface area contributed by atoms with Crippen molar-refractivity contribution in [3.8, 4) is 11.1 Å². The molecule has 0 bridgehead atoms. The van der Waals surface area contributed by atoms with Crippen molar-refractivity contribution in [3.05, 3.63) is 54.1 Å². The van der Waals surface area contributed by atoms with Crippen LogP contribution < -0.4 is 4.90 Å². The van der Waals surface area contributed by atoms with Crippen molar-refractivity contribution in [3.63, 3.8) is 0 Å². The molecule has 0 spiro atoms. The number of para-hydroxylation sites is 1. The molecule has 1 atom stereocenters. The van der Waals surface area contributed by atoms with Gasteiger partial charge in [-0.3, -0.25) is 4.79 Å². The SMILES string of the molecule is CC.CCN1C(=O)C(C)c2ccccc2-c2ccccc21. The van der Waals surface area contributed by atoms with E-state index in [1.165, 1.54) is 5.56 Å². The maximum atomic E-state index is 12.6. The van der Waals surface area contributed by atoms with E-state index in [2.05, 4.69) is 18.2 Å². The van der Waals surface area contributed by atoms with E-state index in [-0.39, 0.29) is 11.8 Å². The highest BCUT2D eigenvalue weighted by Gasteiger charge is 2.29. The van der Waals surface area contributed by atoms with Crippen LogP contribution >= 0.6 is 0 Å². The van der Waals surface area contributed by atoms with E-state index in [9.17, 15) is 4.79 Å². The fourth-order valence-electron chi connectivity index (χ4n) is 2.87. The third-order valence-electron chi connectivity index (χ3n) is 3.86. The molecule has 1 amide bonds. The number of anilines is 1. The summed E-state index contributed by atoms with van der Waals surface area (Å²) in [6.45, 7) is 8.72. The molecular formula is C19H23NO. The zero-order valence-electron chi connectivity index (χ0n) is 13.3. The van der Waals surface area contributed by atoms with Crippen molar-refractivity contribution in [1.29, 1.82) is 0 Å². The molecule has 0 N–H and O–H groups in total. The van der Waals surface area contributed by atoms with E-state index in [4.69, 9.17) is 0 Å². The Morgan fingerprint density at radius 3 is 2.19 bits per heavy atom. The number of rotatable bonds is 1. The number of benzene rings is 2. The lowest BCUT2D eigenvalue weighted by Gasteiger charge is -2.23. The first-order valence-corrected chi connectivity index (χ1v) is 7.73. The second-order valence-corrected chi connectivity index (χ2v) is 4.91. The van der Waals surface area contributed by atoms with Gasteiger partial charge in [-0.1, -0.05) is 56.3 Å². The van der Waals surface area contributed by atoms with Crippen molar-refractivity contribution in [1.82, 2.24) is 0 Å². The number of hydrogen-bond donors (Lipinski definition) is 0.